The van der Waals surface area contributed by atoms with Gasteiger partial charge < -0.3 is 8.85 Å². The van der Waals surface area contributed by atoms with Crippen molar-refractivity contribution >= 4 is 18.9 Å². The molecule has 0 aliphatic rings. The zero-order chi connectivity index (χ0) is 27.7. The van der Waals surface area contributed by atoms with Crippen LogP contribution >= 0.6 is 0 Å². The Morgan fingerprint density at radius 2 is 0.821 bits per heavy atom. The standard InChI is InChI=1S/C36H52O2Si/c1-3-5-7-9-11-13-15-17-19-27-33-37-39(35-29-23-21-24-30-35,36-31-25-22-26-32-36)38-34-28-20-18-16-14-12-10-8-6-4-2/h21-26,29-32H,3-4,9-20,27-28,33-34H2,1-2H3. The maximum Gasteiger partial charge on any atom is 0.407 e. The molecule has 0 aliphatic heterocycles. The van der Waals surface area contributed by atoms with E-state index in [1.165, 1.54) is 74.6 Å². The molecule has 2 aromatic carbocycles. The molecule has 2 aromatic rings. The summed E-state index contributed by atoms with van der Waals surface area (Å²) < 4.78 is 13.7. The van der Waals surface area contributed by atoms with Crippen LogP contribution < -0.4 is 10.4 Å². The first-order valence-corrected chi connectivity index (χ1v) is 17.5. The van der Waals surface area contributed by atoms with Crippen molar-refractivity contribution in [3.8, 4) is 23.7 Å². The van der Waals surface area contributed by atoms with E-state index in [9.17, 15) is 0 Å². The van der Waals surface area contributed by atoms with Gasteiger partial charge in [0.05, 0.1) is 0 Å². The molecule has 0 amide bonds. The van der Waals surface area contributed by atoms with Crippen LogP contribution in [-0.4, -0.2) is 21.8 Å². The van der Waals surface area contributed by atoms with Crippen molar-refractivity contribution in [2.75, 3.05) is 13.2 Å². The first kappa shape index (κ1) is 32.9. The molecular formula is C36H52O2Si. The van der Waals surface area contributed by atoms with Crippen LogP contribution in [0.5, 0.6) is 0 Å². The van der Waals surface area contributed by atoms with E-state index in [2.05, 4.69) is 98.2 Å². The summed E-state index contributed by atoms with van der Waals surface area (Å²) in [4.78, 5) is 0. The summed E-state index contributed by atoms with van der Waals surface area (Å²) in [5.74, 6) is 12.8. The van der Waals surface area contributed by atoms with Crippen LogP contribution in [0.2, 0.25) is 0 Å². The largest absolute Gasteiger partial charge is 0.407 e. The normalized spacial score (nSPS) is 10.9. The van der Waals surface area contributed by atoms with Gasteiger partial charge in [-0.1, -0.05) is 126 Å². The zero-order valence-corrected chi connectivity index (χ0v) is 25.8. The van der Waals surface area contributed by atoms with Gasteiger partial charge in [-0.25, -0.2) is 0 Å². The van der Waals surface area contributed by atoms with E-state index < -0.39 is 8.56 Å². The highest BCUT2D eigenvalue weighted by Gasteiger charge is 2.42. The predicted molar refractivity (Wildman–Crippen MR) is 171 cm³/mol. The van der Waals surface area contributed by atoms with Gasteiger partial charge in [0.15, 0.2) is 0 Å². The molecule has 0 aromatic heterocycles. The lowest BCUT2D eigenvalue weighted by atomic mass is 10.1. The monoisotopic (exact) mass is 544 g/mol. The Labute approximate surface area is 241 Å². The summed E-state index contributed by atoms with van der Waals surface area (Å²) in [6.07, 6.45) is 18.7. The lowest BCUT2D eigenvalue weighted by molar-refractivity contribution is 0.184. The van der Waals surface area contributed by atoms with Gasteiger partial charge in [0.1, 0.15) is 0 Å². The summed E-state index contributed by atoms with van der Waals surface area (Å²) in [5.41, 5.74) is 0. The summed E-state index contributed by atoms with van der Waals surface area (Å²) in [6, 6.07) is 21.4. The summed E-state index contributed by atoms with van der Waals surface area (Å²) >= 11 is 0. The van der Waals surface area contributed by atoms with Crippen molar-refractivity contribution in [2.24, 2.45) is 0 Å². The second-order valence-corrected chi connectivity index (χ2v) is 13.2. The van der Waals surface area contributed by atoms with Crippen molar-refractivity contribution < 1.29 is 8.85 Å². The average Bonchev–Trinajstić information content (AvgIpc) is 2.98. The topological polar surface area (TPSA) is 18.5 Å². The van der Waals surface area contributed by atoms with Gasteiger partial charge in [0, 0.05) is 38.9 Å². The van der Waals surface area contributed by atoms with Gasteiger partial charge in [0.25, 0.3) is 0 Å². The molecule has 2 rings (SSSR count). The smallest absolute Gasteiger partial charge is 0.388 e. The van der Waals surface area contributed by atoms with Gasteiger partial charge in [-0.05, 0) is 36.1 Å². The Balaban J connectivity index is 1.86. The Bertz CT molecular complexity index is 884. The van der Waals surface area contributed by atoms with E-state index in [-0.39, 0.29) is 0 Å². The molecular weight excluding hydrogens is 492 g/mol. The van der Waals surface area contributed by atoms with Crippen LogP contribution in [0.25, 0.3) is 0 Å². The van der Waals surface area contributed by atoms with Crippen molar-refractivity contribution in [3.63, 3.8) is 0 Å². The fourth-order valence-electron chi connectivity index (χ4n) is 4.76. The molecule has 212 valence electrons. The van der Waals surface area contributed by atoms with E-state index in [0.717, 1.165) is 51.7 Å². The lowest BCUT2D eigenvalue weighted by Crippen LogP contribution is -2.63. The molecule has 0 heterocycles. The first-order chi connectivity index (χ1) is 19.3. The first-order valence-electron chi connectivity index (χ1n) is 15.6. The molecule has 39 heavy (non-hydrogen) atoms. The maximum atomic E-state index is 6.85. The Morgan fingerprint density at radius 3 is 1.21 bits per heavy atom. The quantitative estimate of drug-likeness (QED) is 0.0944. The molecule has 0 bridgehead atoms. The number of benzene rings is 2. The minimum absolute atomic E-state index is 0.749. The third-order valence-corrected chi connectivity index (χ3v) is 10.3. The van der Waals surface area contributed by atoms with Crippen LogP contribution in [0.4, 0.5) is 0 Å². The fraction of sp³-hybridized carbons (Fsp3) is 0.556. The molecule has 0 aliphatic carbocycles. The molecule has 0 unspecified atom stereocenters. The second kappa shape index (κ2) is 22.5. The van der Waals surface area contributed by atoms with Gasteiger partial charge in [0.2, 0.25) is 0 Å². The second-order valence-electron chi connectivity index (χ2n) is 10.2. The van der Waals surface area contributed by atoms with E-state index in [1.54, 1.807) is 0 Å². The van der Waals surface area contributed by atoms with Crippen LogP contribution in [0.15, 0.2) is 60.7 Å². The molecule has 0 atom stereocenters. The van der Waals surface area contributed by atoms with Crippen molar-refractivity contribution in [1.82, 2.24) is 0 Å². The van der Waals surface area contributed by atoms with Crippen LogP contribution in [0.1, 0.15) is 117 Å². The summed E-state index contributed by atoms with van der Waals surface area (Å²) in [6.45, 7) is 5.72. The summed E-state index contributed by atoms with van der Waals surface area (Å²) in [7, 11) is -2.77. The molecule has 0 saturated carbocycles. The van der Waals surface area contributed by atoms with Crippen LogP contribution in [0, 0.1) is 23.7 Å². The van der Waals surface area contributed by atoms with Crippen molar-refractivity contribution in [3.05, 3.63) is 60.7 Å². The Hall–Kier alpha value is -2.30. The fourth-order valence-corrected chi connectivity index (χ4v) is 7.97. The molecule has 0 fully saturated rings. The third kappa shape index (κ3) is 14.1. The SMILES string of the molecule is CCC#CCCCCCCCCO[Si](OCCCCCCCCC#CCC)(c1ccccc1)c1ccccc1. The molecule has 2 nitrogen and oxygen atoms in total. The number of hydrogen-bond donors (Lipinski definition) is 0. The average molecular weight is 545 g/mol. The van der Waals surface area contributed by atoms with E-state index in [0.29, 0.717) is 0 Å². The molecule has 0 spiro atoms. The molecule has 0 N–H and O–H groups in total. The van der Waals surface area contributed by atoms with Crippen molar-refractivity contribution in [1.29, 1.82) is 0 Å². The van der Waals surface area contributed by atoms with Crippen LogP contribution in [0.3, 0.4) is 0 Å². The third-order valence-electron chi connectivity index (χ3n) is 6.91. The molecule has 0 radical (unpaired) electrons. The number of rotatable bonds is 20. The Morgan fingerprint density at radius 1 is 0.462 bits per heavy atom. The van der Waals surface area contributed by atoms with Gasteiger partial charge in [-0.3, -0.25) is 0 Å². The van der Waals surface area contributed by atoms with E-state index in [1.807, 2.05) is 0 Å². The zero-order valence-electron chi connectivity index (χ0n) is 24.8. The summed E-state index contributed by atoms with van der Waals surface area (Å²) in [5, 5.41) is 2.41. The predicted octanol–water partition coefficient (Wildman–Crippen LogP) is 8.56. The molecule has 0 saturated heterocycles. The van der Waals surface area contributed by atoms with Gasteiger partial charge in [-0.2, -0.15) is 0 Å². The maximum absolute atomic E-state index is 6.85. The highest BCUT2D eigenvalue weighted by Crippen LogP contribution is 2.15. The Kier molecular flexibility index (Phi) is 19.0. The highest BCUT2D eigenvalue weighted by molar-refractivity contribution is 6.92. The number of unbranched alkanes of at least 4 members (excludes halogenated alkanes) is 12. The van der Waals surface area contributed by atoms with E-state index in [4.69, 9.17) is 8.85 Å². The van der Waals surface area contributed by atoms with Crippen molar-refractivity contribution in [2.45, 2.75) is 117 Å². The van der Waals surface area contributed by atoms with Crippen LogP contribution in [-0.2, 0) is 8.85 Å². The molecule has 3 heteroatoms. The lowest BCUT2D eigenvalue weighted by Gasteiger charge is -2.31. The minimum Gasteiger partial charge on any atom is -0.388 e. The van der Waals surface area contributed by atoms with E-state index >= 15 is 0 Å². The van der Waals surface area contributed by atoms with Gasteiger partial charge in [-0.15, -0.1) is 23.7 Å². The number of hydrogen-bond acceptors (Lipinski definition) is 2. The van der Waals surface area contributed by atoms with Gasteiger partial charge >= 0.3 is 8.56 Å². The minimum atomic E-state index is -2.77. The highest BCUT2D eigenvalue weighted by atomic mass is 28.4.